The van der Waals surface area contributed by atoms with Crippen LogP contribution in [-0.4, -0.2) is 26.5 Å². The van der Waals surface area contributed by atoms with E-state index in [4.69, 9.17) is 0 Å². The molecule has 1 aromatic heterocycles. The first kappa shape index (κ1) is 25.4. The largest absolute Gasteiger partial charge is 0.308 e. The predicted octanol–water partition coefficient (Wildman–Crippen LogP) is 6.89. The molecule has 0 saturated heterocycles. The number of nitrogens with one attached hydrogen (secondary N) is 1. The Morgan fingerprint density at radius 1 is 0.850 bits per heavy atom. The molecule has 40 heavy (non-hydrogen) atoms. The normalized spacial score (nSPS) is 13.4. The second-order valence-electron chi connectivity index (χ2n) is 10.1. The summed E-state index contributed by atoms with van der Waals surface area (Å²) in [5, 5.41) is 14.6. The smallest absolute Gasteiger partial charge is 0.227 e. The average molecular weight is 526 g/mol. The van der Waals surface area contributed by atoms with Gasteiger partial charge in [0.15, 0.2) is 5.82 Å². The number of hydrogen-bond donors (Lipinski definition) is 1. The molecule has 0 unspecified atom stereocenters. The number of hydrogen-bond acceptors (Lipinski definition) is 4. The number of nitrogens with zero attached hydrogens (tertiary/aromatic N) is 4. The van der Waals surface area contributed by atoms with Gasteiger partial charge in [-0.3, -0.25) is 4.79 Å². The van der Waals surface area contributed by atoms with Crippen molar-refractivity contribution in [1.29, 1.82) is 0 Å². The highest BCUT2D eigenvalue weighted by molar-refractivity contribution is 5.95. The highest BCUT2D eigenvalue weighted by Gasteiger charge is 2.21. The van der Waals surface area contributed by atoms with Gasteiger partial charge in [0, 0.05) is 12.1 Å². The average Bonchev–Trinajstić information content (AvgIpc) is 3.47. The number of carbonyl (C=O) groups excluding carboxylic acids is 1. The number of aromatic nitrogens is 4. The third-order valence-electron chi connectivity index (χ3n) is 7.44. The van der Waals surface area contributed by atoms with Crippen molar-refractivity contribution < 1.29 is 4.79 Å². The molecule has 0 bridgehead atoms. The Kier molecular flexibility index (Phi) is 7.31. The van der Waals surface area contributed by atoms with Crippen LogP contribution in [-0.2, 0) is 24.2 Å². The van der Waals surface area contributed by atoms with Gasteiger partial charge in [-0.25, -0.2) is 0 Å². The molecule has 198 valence electrons. The highest BCUT2D eigenvalue weighted by atomic mass is 16.2. The van der Waals surface area contributed by atoms with Crippen LogP contribution in [0.3, 0.4) is 0 Å². The third-order valence-corrected chi connectivity index (χ3v) is 7.44. The quantitative estimate of drug-likeness (QED) is 0.251. The van der Waals surface area contributed by atoms with E-state index in [9.17, 15) is 4.79 Å². The summed E-state index contributed by atoms with van der Waals surface area (Å²) in [6.07, 6.45) is 5.16. The standard InChI is InChI=1S/C34H31N5O/c1-2-9-34(40)39(29-14-8-13-27(21-29)25-10-4-3-5-11-25)23-24-16-19-31-28(20-24)18-17-26-12-6-7-15-30(26)32(31)22-33-35-37-38-36-33/h3-8,10-16,19-22H,2,9,17-18,23H2,1H3,(H,35,36,37,38). The summed E-state index contributed by atoms with van der Waals surface area (Å²) in [5.41, 5.74) is 10.3. The monoisotopic (exact) mass is 525 g/mol. The van der Waals surface area contributed by atoms with Crippen molar-refractivity contribution in [2.75, 3.05) is 4.90 Å². The van der Waals surface area contributed by atoms with Gasteiger partial charge in [0.25, 0.3) is 0 Å². The van der Waals surface area contributed by atoms with Crippen molar-refractivity contribution in [3.05, 3.63) is 131 Å². The van der Waals surface area contributed by atoms with Gasteiger partial charge in [-0.05, 0) is 87.2 Å². The summed E-state index contributed by atoms with van der Waals surface area (Å²) >= 11 is 0. The maximum absolute atomic E-state index is 13.4. The number of carbonyl (C=O) groups is 1. The number of fused-ring (bicyclic) bond motifs is 2. The Bertz CT molecular complexity index is 1660. The topological polar surface area (TPSA) is 74.8 Å². The molecular weight excluding hydrogens is 494 g/mol. The van der Waals surface area contributed by atoms with Crippen LogP contribution in [0.1, 0.15) is 53.4 Å². The first-order chi connectivity index (χ1) is 19.7. The maximum atomic E-state index is 13.4. The van der Waals surface area contributed by atoms with E-state index in [2.05, 4.69) is 87.4 Å². The van der Waals surface area contributed by atoms with Crippen LogP contribution in [0.2, 0.25) is 0 Å². The molecule has 0 aliphatic heterocycles. The minimum Gasteiger partial charge on any atom is -0.308 e. The Morgan fingerprint density at radius 3 is 2.45 bits per heavy atom. The van der Waals surface area contributed by atoms with Crippen LogP contribution in [0.5, 0.6) is 0 Å². The molecule has 1 aliphatic carbocycles. The number of benzene rings is 4. The number of tetrazole rings is 1. The van der Waals surface area contributed by atoms with E-state index in [1.807, 2.05) is 48.2 Å². The molecule has 1 aliphatic rings. The lowest BCUT2D eigenvalue weighted by Gasteiger charge is -2.24. The summed E-state index contributed by atoms with van der Waals surface area (Å²) in [4.78, 5) is 15.3. The Labute approximate surface area is 234 Å². The zero-order valence-corrected chi connectivity index (χ0v) is 22.5. The van der Waals surface area contributed by atoms with Gasteiger partial charge in [-0.15, -0.1) is 10.2 Å². The van der Waals surface area contributed by atoms with E-state index >= 15 is 0 Å². The van der Waals surface area contributed by atoms with Crippen molar-refractivity contribution in [3.8, 4) is 11.1 Å². The van der Waals surface area contributed by atoms with E-state index < -0.39 is 0 Å². The Hall–Kier alpha value is -4.84. The third kappa shape index (κ3) is 5.34. The van der Waals surface area contributed by atoms with E-state index in [0.717, 1.165) is 52.8 Å². The predicted molar refractivity (Wildman–Crippen MR) is 159 cm³/mol. The maximum Gasteiger partial charge on any atom is 0.227 e. The Balaban J connectivity index is 1.37. The zero-order valence-electron chi connectivity index (χ0n) is 22.5. The zero-order chi connectivity index (χ0) is 27.3. The number of anilines is 1. The number of H-pyrrole nitrogens is 1. The SMILES string of the molecule is CCCC(=O)N(Cc1ccc2c(c1)CCc1ccccc1C2=Cc1nn[nH]n1)c1cccc(-c2ccccc2)c1. The van der Waals surface area contributed by atoms with Crippen LogP contribution in [0.4, 0.5) is 5.69 Å². The summed E-state index contributed by atoms with van der Waals surface area (Å²) in [5.74, 6) is 0.684. The van der Waals surface area contributed by atoms with Gasteiger partial charge in [0.2, 0.25) is 5.91 Å². The minimum absolute atomic E-state index is 0.132. The molecule has 6 nitrogen and oxygen atoms in total. The van der Waals surface area contributed by atoms with Gasteiger partial charge in [-0.2, -0.15) is 5.21 Å². The molecule has 1 heterocycles. The fourth-order valence-corrected chi connectivity index (χ4v) is 5.48. The molecule has 0 spiro atoms. The van der Waals surface area contributed by atoms with E-state index in [-0.39, 0.29) is 5.91 Å². The first-order valence-corrected chi connectivity index (χ1v) is 13.8. The van der Waals surface area contributed by atoms with Crippen LogP contribution in [0.15, 0.2) is 97.1 Å². The van der Waals surface area contributed by atoms with E-state index in [1.54, 1.807) is 0 Å². The van der Waals surface area contributed by atoms with Crippen LogP contribution in [0, 0.1) is 0 Å². The molecule has 0 saturated carbocycles. The van der Waals surface area contributed by atoms with E-state index in [1.165, 1.54) is 16.7 Å². The van der Waals surface area contributed by atoms with Crippen molar-refractivity contribution >= 4 is 23.2 Å². The lowest BCUT2D eigenvalue weighted by atomic mass is 9.92. The number of aromatic amines is 1. The molecule has 1 amide bonds. The van der Waals surface area contributed by atoms with Gasteiger partial charge in [-0.1, -0.05) is 91.9 Å². The van der Waals surface area contributed by atoms with Gasteiger partial charge in [0.05, 0.1) is 6.54 Å². The Morgan fingerprint density at radius 2 is 1.62 bits per heavy atom. The molecular formula is C34H31N5O. The molecule has 6 rings (SSSR count). The second-order valence-corrected chi connectivity index (χ2v) is 10.1. The van der Waals surface area contributed by atoms with Crippen LogP contribution < -0.4 is 4.90 Å². The lowest BCUT2D eigenvalue weighted by Crippen LogP contribution is -2.30. The van der Waals surface area contributed by atoms with Crippen molar-refractivity contribution in [2.24, 2.45) is 0 Å². The second kappa shape index (κ2) is 11.5. The molecule has 0 radical (unpaired) electrons. The summed E-state index contributed by atoms with van der Waals surface area (Å²) in [6.45, 7) is 2.56. The summed E-state index contributed by atoms with van der Waals surface area (Å²) in [6, 6.07) is 33.7. The van der Waals surface area contributed by atoms with Crippen molar-refractivity contribution in [1.82, 2.24) is 20.6 Å². The lowest BCUT2D eigenvalue weighted by molar-refractivity contribution is -0.118. The fourth-order valence-electron chi connectivity index (χ4n) is 5.48. The van der Waals surface area contributed by atoms with Gasteiger partial charge >= 0.3 is 0 Å². The highest BCUT2D eigenvalue weighted by Crippen LogP contribution is 2.35. The number of amides is 1. The van der Waals surface area contributed by atoms with Crippen molar-refractivity contribution in [3.63, 3.8) is 0 Å². The molecule has 4 aromatic carbocycles. The van der Waals surface area contributed by atoms with Crippen LogP contribution in [0.25, 0.3) is 22.8 Å². The molecule has 5 aromatic rings. The molecule has 6 heteroatoms. The first-order valence-electron chi connectivity index (χ1n) is 13.8. The molecule has 1 N–H and O–H groups in total. The molecule has 0 fully saturated rings. The minimum atomic E-state index is 0.132. The fraction of sp³-hybridized carbons (Fsp3) is 0.176. The van der Waals surface area contributed by atoms with Gasteiger partial charge in [0.1, 0.15) is 0 Å². The summed E-state index contributed by atoms with van der Waals surface area (Å²) < 4.78 is 0. The van der Waals surface area contributed by atoms with Gasteiger partial charge < -0.3 is 4.90 Å². The number of rotatable bonds is 7. The summed E-state index contributed by atoms with van der Waals surface area (Å²) in [7, 11) is 0. The number of aryl methyl sites for hydroxylation is 2. The molecule has 0 atom stereocenters. The van der Waals surface area contributed by atoms with Crippen molar-refractivity contribution in [2.45, 2.75) is 39.2 Å². The van der Waals surface area contributed by atoms with E-state index in [0.29, 0.717) is 18.8 Å². The van der Waals surface area contributed by atoms with Crippen LogP contribution >= 0.6 is 0 Å².